The van der Waals surface area contributed by atoms with Gasteiger partial charge in [0.2, 0.25) is 0 Å². The quantitative estimate of drug-likeness (QED) is 0.527. The Hall–Kier alpha value is -2.41. The SMILES string of the molecule is Cc1c(C)c(=O)n(Cc2cccc(NN)n2)[nH]c1=O. The molecule has 4 N–H and O–H groups in total. The lowest BCUT2D eigenvalue weighted by Gasteiger charge is -2.08. The van der Waals surface area contributed by atoms with Crippen molar-refractivity contribution in [2.24, 2.45) is 5.84 Å². The first-order valence-electron chi connectivity index (χ1n) is 5.76. The maximum absolute atomic E-state index is 12.0. The first-order chi connectivity index (χ1) is 9.02. The van der Waals surface area contributed by atoms with Crippen molar-refractivity contribution in [3.8, 4) is 0 Å². The van der Waals surface area contributed by atoms with Crippen molar-refractivity contribution >= 4 is 5.82 Å². The van der Waals surface area contributed by atoms with Crippen LogP contribution in [0.25, 0.3) is 0 Å². The number of aromatic nitrogens is 3. The van der Waals surface area contributed by atoms with Gasteiger partial charge < -0.3 is 5.43 Å². The van der Waals surface area contributed by atoms with Crippen molar-refractivity contribution in [3.05, 3.63) is 55.7 Å². The number of hydrazine groups is 1. The van der Waals surface area contributed by atoms with E-state index < -0.39 is 0 Å². The van der Waals surface area contributed by atoms with Crippen LogP contribution in [-0.4, -0.2) is 14.8 Å². The fourth-order valence-corrected chi connectivity index (χ4v) is 1.71. The molecule has 0 spiro atoms. The molecule has 0 atom stereocenters. The number of nitrogens with two attached hydrogens (primary N) is 1. The Kier molecular flexibility index (Phi) is 3.48. The van der Waals surface area contributed by atoms with Gasteiger partial charge in [-0.2, -0.15) is 0 Å². The number of nitrogens with zero attached hydrogens (tertiary/aromatic N) is 2. The molecule has 0 aliphatic carbocycles. The van der Waals surface area contributed by atoms with E-state index in [-0.39, 0.29) is 17.7 Å². The van der Waals surface area contributed by atoms with Gasteiger partial charge >= 0.3 is 0 Å². The molecule has 100 valence electrons. The van der Waals surface area contributed by atoms with Crippen LogP contribution in [0.1, 0.15) is 16.8 Å². The second-order valence-electron chi connectivity index (χ2n) is 4.24. The van der Waals surface area contributed by atoms with E-state index in [1.807, 2.05) is 0 Å². The minimum absolute atomic E-state index is 0.185. The van der Waals surface area contributed by atoms with Crippen molar-refractivity contribution in [1.29, 1.82) is 0 Å². The molecule has 2 aromatic heterocycles. The highest BCUT2D eigenvalue weighted by atomic mass is 16.2. The minimum atomic E-state index is -0.273. The molecule has 2 aromatic rings. The van der Waals surface area contributed by atoms with Crippen molar-refractivity contribution in [3.63, 3.8) is 0 Å². The van der Waals surface area contributed by atoms with Crippen LogP contribution in [0.4, 0.5) is 5.82 Å². The number of rotatable bonds is 3. The third-order valence-corrected chi connectivity index (χ3v) is 2.98. The molecule has 0 aromatic carbocycles. The second kappa shape index (κ2) is 5.07. The molecule has 7 heteroatoms. The van der Waals surface area contributed by atoms with Gasteiger partial charge in [0.05, 0.1) is 12.2 Å². The predicted octanol–water partition coefficient (Wildman–Crippen LogP) is -0.118. The first kappa shape index (κ1) is 13.0. The Labute approximate surface area is 109 Å². The Bertz CT molecular complexity index is 717. The number of H-pyrrole nitrogens is 1. The number of nitrogen functional groups attached to an aromatic ring is 1. The molecule has 0 amide bonds. The highest BCUT2D eigenvalue weighted by Gasteiger charge is 2.08. The van der Waals surface area contributed by atoms with Crippen LogP contribution in [0, 0.1) is 13.8 Å². The van der Waals surface area contributed by atoms with Gasteiger partial charge in [-0.3, -0.25) is 14.7 Å². The molecular weight excluding hydrogens is 246 g/mol. The number of hydrogen-bond acceptors (Lipinski definition) is 5. The summed E-state index contributed by atoms with van der Waals surface area (Å²) >= 11 is 0. The molecule has 0 aliphatic heterocycles. The monoisotopic (exact) mass is 261 g/mol. The zero-order valence-corrected chi connectivity index (χ0v) is 10.7. The average molecular weight is 261 g/mol. The van der Waals surface area contributed by atoms with Crippen LogP contribution in [-0.2, 0) is 6.54 Å². The molecule has 0 fully saturated rings. The maximum Gasteiger partial charge on any atom is 0.268 e. The molecule has 0 saturated carbocycles. The third-order valence-electron chi connectivity index (χ3n) is 2.98. The van der Waals surface area contributed by atoms with E-state index in [0.29, 0.717) is 22.6 Å². The lowest BCUT2D eigenvalue weighted by molar-refractivity contribution is 0.609. The topological polar surface area (TPSA) is 106 Å². The Balaban J connectivity index is 2.44. The standard InChI is InChI=1S/C12H15N5O2/c1-7-8(2)12(19)17(16-11(7)18)6-9-4-3-5-10(14-9)15-13/h3-5H,6,13H2,1-2H3,(H,14,15)(H,16,18). The highest BCUT2D eigenvalue weighted by Crippen LogP contribution is 2.03. The van der Waals surface area contributed by atoms with Crippen LogP contribution < -0.4 is 22.4 Å². The van der Waals surface area contributed by atoms with Crippen LogP contribution in [0.15, 0.2) is 27.8 Å². The minimum Gasteiger partial charge on any atom is -0.308 e. The lowest BCUT2D eigenvalue weighted by atomic mass is 10.2. The van der Waals surface area contributed by atoms with Gasteiger partial charge in [0.1, 0.15) is 5.82 Å². The van der Waals surface area contributed by atoms with E-state index in [1.165, 1.54) is 4.68 Å². The van der Waals surface area contributed by atoms with E-state index in [1.54, 1.807) is 32.0 Å². The summed E-state index contributed by atoms with van der Waals surface area (Å²) in [6, 6.07) is 5.22. The van der Waals surface area contributed by atoms with Crippen LogP contribution in [0.2, 0.25) is 0 Å². The van der Waals surface area contributed by atoms with Gasteiger partial charge in [0.25, 0.3) is 11.1 Å². The van der Waals surface area contributed by atoms with Crippen molar-refractivity contribution in [2.45, 2.75) is 20.4 Å². The number of pyridine rings is 1. The summed E-state index contributed by atoms with van der Waals surface area (Å²) < 4.78 is 1.24. The molecule has 2 rings (SSSR count). The summed E-state index contributed by atoms with van der Waals surface area (Å²) in [6.45, 7) is 3.44. The van der Waals surface area contributed by atoms with Crippen molar-refractivity contribution < 1.29 is 0 Å². The molecule has 0 radical (unpaired) electrons. The van der Waals surface area contributed by atoms with E-state index in [2.05, 4.69) is 15.5 Å². The molecule has 0 unspecified atom stereocenters. The summed E-state index contributed by atoms with van der Waals surface area (Å²) in [5.74, 6) is 5.77. The van der Waals surface area contributed by atoms with Gasteiger partial charge in [-0.25, -0.2) is 15.5 Å². The van der Waals surface area contributed by atoms with Crippen molar-refractivity contribution in [1.82, 2.24) is 14.8 Å². The van der Waals surface area contributed by atoms with Crippen LogP contribution in [0.3, 0.4) is 0 Å². The van der Waals surface area contributed by atoms with Crippen LogP contribution in [0.5, 0.6) is 0 Å². The Morgan fingerprint density at radius 1 is 1.32 bits per heavy atom. The molecular formula is C12H15N5O2. The molecule has 19 heavy (non-hydrogen) atoms. The normalized spacial score (nSPS) is 10.5. The first-order valence-corrected chi connectivity index (χ1v) is 5.76. The Morgan fingerprint density at radius 3 is 2.74 bits per heavy atom. The molecule has 0 saturated heterocycles. The molecule has 0 bridgehead atoms. The Morgan fingerprint density at radius 2 is 2.05 bits per heavy atom. The summed E-state index contributed by atoms with van der Waals surface area (Å²) in [7, 11) is 0. The summed E-state index contributed by atoms with van der Waals surface area (Å²) in [6.07, 6.45) is 0. The summed E-state index contributed by atoms with van der Waals surface area (Å²) in [5, 5.41) is 2.53. The third kappa shape index (κ3) is 2.55. The largest absolute Gasteiger partial charge is 0.308 e. The van der Waals surface area contributed by atoms with Crippen molar-refractivity contribution in [2.75, 3.05) is 5.43 Å². The smallest absolute Gasteiger partial charge is 0.268 e. The summed E-state index contributed by atoms with van der Waals surface area (Å²) in [4.78, 5) is 27.9. The molecule has 2 heterocycles. The average Bonchev–Trinajstić information content (AvgIpc) is 2.42. The zero-order chi connectivity index (χ0) is 14.0. The fourth-order valence-electron chi connectivity index (χ4n) is 1.71. The zero-order valence-electron chi connectivity index (χ0n) is 10.7. The van der Waals surface area contributed by atoms with E-state index in [4.69, 9.17) is 5.84 Å². The maximum atomic E-state index is 12.0. The second-order valence-corrected chi connectivity index (χ2v) is 4.24. The van der Waals surface area contributed by atoms with E-state index in [9.17, 15) is 9.59 Å². The highest BCUT2D eigenvalue weighted by molar-refractivity contribution is 5.33. The number of nitrogens with one attached hydrogen (secondary N) is 2. The number of hydrogen-bond donors (Lipinski definition) is 3. The van der Waals surface area contributed by atoms with E-state index >= 15 is 0 Å². The fraction of sp³-hybridized carbons (Fsp3) is 0.250. The number of aromatic amines is 1. The van der Waals surface area contributed by atoms with Crippen LogP contribution >= 0.6 is 0 Å². The van der Waals surface area contributed by atoms with E-state index in [0.717, 1.165) is 0 Å². The van der Waals surface area contributed by atoms with Gasteiger partial charge in [-0.05, 0) is 26.0 Å². The lowest BCUT2D eigenvalue weighted by Crippen LogP contribution is -2.33. The van der Waals surface area contributed by atoms with Gasteiger partial charge in [-0.15, -0.1) is 0 Å². The molecule has 7 nitrogen and oxygen atoms in total. The van der Waals surface area contributed by atoms with Gasteiger partial charge in [0.15, 0.2) is 0 Å². The molecule has 0 aliphatic rings. The summed E-state index contributed by atoms with van der Waals surface area (Å²) in [5.41, 5.74) is 3.42. The number of anilines is 1. The van der Waals surface area contributed by atoms with Gasteiger partial charge in [0, 0.05) is 11.1 Å². The van der Waals surface area contributed by atoms with Gasteiger partial charge in [-0.1, -0.05) is 6.07 Å². The predicted molar refractivity (Wildman–Crippen MR) is 71.9 cm³/mol.